The molecule has 2 aromatic carbocycles. The molecule has 2 fully saturated rings. The summed E-state index contributed by atoms with van der Waals surface area (Å²) in [5.74, 6) is 0.893. The fourth-order valence-electron chi connectivity index (χ4n) is 4.86. The molecule has 9 heteroatoms. The van der Waals surface area contributed by atoms with Crippen molar-refractivity contribution in [2.24, 2.45) is 0 Å². The van der Waals surface area contributed by atoms with Crippen molar-refractivity contribution in [1.82, 2.24) is 14.7 Å². The summed E-state index contributed by atoms with van der Waals surface area (Å²) in [4.78, 5) is 25.2. The van der Waals surface area contributed by atoms with Crippen LogP contribution in [-0.4, -0.2) is 51.5 Å². The minimum Gasteiger partial charge on any atom is -0.487 e. The van der Waals surface area contributed by atoms with Crippen molar-refractivity contribution in [2.75, 3.05) is 19.7 Å². The van der Waals surface area contributed by atoms with E-state index in [1.165, 1.54) is 4.90 Å². The molecule has 1 N–H and O–H groups in total. The normalized spacial score (nSPS) is 17.7. The summed E-state index contributed by atoms with van der Waals surface area (Å²) in [6.45, 7) is 3.30. The van der Waals surface area contributed by atoms with E-state index in [9.17, 15) is 14.7 Å². The first-order valence-electron chi connectivity index (χ1n) is 12.0. The Morgan fingerprint density at radius 1 is 1.20 bits per heavy atom. The Morgan fingerprint density at radius 2 is 2.03 bits per heavy atom. The molecule has 1 saturated heterocycles. The largest absolute Gasteiger partial charge is 0.487 e. The molecule has 0 spiro atoms. The molecule has 1 amide bonds. The fourth-order valence-corrected chi connectivity index (χ4v) is 5.22. The molecule has 2 heterocycles. The van der Waals surface area contributed by atoms with Gasteiger partial charge in [-0.25, -0.2) is 4.79 Å². The average Bonchev–Trinajstić information content (AvgIpc) is 3.44. The predicted octanol–water partition coefficient (Wildman–Crippen LogP) is 5.29. The lowest BCUT2D eigenvalue weighted by atomic mass is 9.99. The number of hydrogen-bond acceptors (Lipinski definition) is 5. The summed E-state index contributed by atoms with van der Waals surface area (Å²) in [5, 5.41) is 15.2. The van der Waals surface area contributed by atoms with Crippen LogP contribution in [0.1, 0.15) is 55.0 Å². The number of benzene rings is 2. The fraction of sp³-hybridized carbons (Fsp3) is 0.423. The molecule has 35 heavy (non-hydrogen) atoms. The van der Waals surface area contributed by atoms with Crippen LogP contribution in [0, 0.1) is 0 Å². The van der Waals surface area contributed by atoms with Crippen molar-refractivity contribution in [1.29, 1.82) is 0 Å². The lowest BCUT2D eigenvalue weighted by molar-refractivity contribution is -0.142. The van der Waals surface area contributed by atoms with Crippen LogP contribution < -0.4 is 4.74 Å². The first-order valence-corrected chi connectivity index (χ1v) is 12.8. The molecule has 5 rings (SSSR count). The van der Waals surface area contributed by atoms with Gasteiger partial charge in [0.1, 0.15) is 18.1 Å². The van der Waals surface area contributed by atoms with Crippen molar-refractivity contribution < 1.29 is 24.2 Å². The molecule has 3 aromatic rings. The molecule has 0 bridgehead atoms. The van der Waals surface area contributed by atoms with Crippen LogP contribution in [0.3, 0.4) is 0 Å². The molecule has 8 nitrogen and oxygen atoms in total. The standard InChI is InChI=1S/C26H28BrN3O5/c1-2-34-25(31)13-20-19(16-6-7-16)4-3-5-24(20)35-15-22-21-12-17(27)8-9-23(21)30(28-22)18-10-11-29(14-18)26(32)33/h3-5,8-9,12,16,18H,2,6-7,10-11,13-15H2,1H3,(H,32,33)/t18-/m0/s1. The SMILES string of the molecule is CCOC(=O)Cc1c(OCc2nn([C@H]3CCN(C(=O)O)C3)c3ccc(Br)cc23)cccc1C1CC1. The van der Waals surface area contributed by atoms with Gasteiger partial charge < -0.3 is 19.5 Å². The van der Waals surface area contributed by atoms with Crippen LogP contribution in [0.25, 0.3) is 10.9 Å². The Morgan fingerprint density at radius 3 is 2.74 bits per heavy atom. The van der Waals surface area contributed by atoms with Gasteiger partial charge in [0.05, 0.1) is 24.6 Å². The Hall–Kier alpha value is -3.07. The number of aromatic nitrogens is 2. The van der Waals surface area contributed by atoms with E-state index in [2.05, 4.69) is 22.0 Å². The maximum Gasteiger partial charge on any atom is 0.407 e. The van der Waals surface area contributed by atoms with Gasteiger partial charge in [-0.15, -0.1) is 0 Å². The van der Waals surface area contributed by atoms with E-state index >= 15 is 0 Å². The number of likely N-dealkylation sites (tertiary alicyclic amines) is 1. The number of carbonyl (C=O) groups excluding carboxylic acids is 1. The van der Waals surface area contributed by atoms with E-state index in [4.69, 9.17) is 14.6 Å². The number of hydrogen-bond donors (Lipinski definition) is 1. The first-order chi connectivity index (χ1) is 16.9. The first kappa shape index (κ1) is 23.7. The molecule has 2 aliphatic rings. The number of ether oxygens (including phenoxy) is 2. The van der Waals surface area contributed by atoms with Gasteiger partial charge in [-0.1, -0.05) is 28.1 Å². The number of carboxylic acid groups (broad SMARTS) is 1. The zero-order valence-corrected chi connectivity index (χ0v) is 21.2. The Labute approximate surface area is 211 Å². The van der Waals surface area contributed by atoms with E-state index in [0.717, 1.165) is 45.0 Å². The van der Waals surface area contributed by atoms with Crippen LogP contribution in [0.5, 0.6) is 5.75 Å². The molecule has 184 valence electrons. The minimum atomic E-state index is -0.903. The quantitative estimate of drug-likeness (QED) is 0.389. The summed E-state index contributed by atoms with van der Waals surface area (Å²) in [6.07, 6.45) is 2.24. The van der Waals surface area contributed by atoms with Crippen molar-refractivity contribution in [3.8, 4) is 5.75 Å². The molecule has 0 unspecified atom stereocenters. The van der Waals surface area contributed by atoms with Gasteiger partial charge in [0.15, 0.2) is 0 Å². The topological polar surface area (TPSA) is 93.9 Å². The summed E-state index contributed by atoms with van der Waals surface area (Å²) in [6, 6.07) is 11.9. The molecule has 1 atom stereocenters. The van der Waals surface area contributed by atoms with Crippen molar-refractivity contribution in [3.63, 3.8) is 0 Å². The number of esters is 1. The third-order valence-corrected chi connectivity index (χ3v) is 7.20. The predicted molar refractivity (Wildman–Crippen MR) is 134 cm³/mol. The van der Waals surface area contributed by atoms with E-state index in [1.807, 2.05) is 41.9 Å². The minimum absolute atomic E-state index is 0.0268. The van der Waals surface area contributed by atoms with Gasteiger partial charge in [-0.3, -0.25) is 9.48 Å². The number of nitrogens with zero attached hydrogens (tertiary/aromatic N) is 3. The van der Waals surface area contributed by atoms with Crippen LogP contribution >= 0.6 is 15.9 Å². The molecule has 1 aliphatic carbocycles. The molecule has 1 aliphatic heterocycles. The Bertz CT molecular complexity index is 1270. The number of rotatable bonds is 8. The zero-order valence-electron chi connectivity index (χ0n) is 19.6. The van der Waals surface area contributed by atoms with Gasteiger partial charge >= 0.3 is 12.1 Å². The van der Waals surface area contributed by atoms with Crippen molar-refractivity contribution in [3.05, 3.63) is 57.7 Å². The number of carbonyl (C=O) groups is 2. The maximum absolute atomic E-state index is 12.3. The van der Waals surface area contributed by atoms with Gasteiger partial charge in [-0.05, 0) is 61.9 Å². The molecule has 0 radical (unpaired) electrons. The van der Waals surface area contributed by atoms with Gasteiger partial charge in [0.2, 0.25) is 0 Å². The van der Waals surface area contributed by atoms with E-state index in [-0.39, 0.29) is 25.0 Å². The Kier molecular flexibility index (Phi) is 6.69. The van der Waals surface area contributed by atoms with E-state index in [1.54, 1.807) is 0 Å². The summed E-state index contributed by atoms with van der Waals surface area (Å²) in [5.41, 5.74) is 3.77. The maximum atomic E-state index is 12.3. The van der Waals surface area contributed by atoms with Gasteiger partial charge in [0.25, 0.3) is 0 Å². The highest BCUT2D eigenvalue weighted by Gasteiger charge is 2.30. The molecule has 1 saturated carbocycles. The molecular weight excluding hydrogens is 514 g/mol. The highest BCUT2D eigenvalue weighted by molar-refractivity contribution is 9.10. The van der Waals surface area contributed by atoms with Crippen LogP contribution in [0.4, 0.5) is 4.79 Å². The van der Waals surface area contributed by atoms with Crippen LogP contribution in [0.2, 0.25) is 0 Å². The third kappa shape index (κ3) is 5.00. The second-order valence-electron chi connectivity index (χ2n) is 9.09. The highest BCUT2D eigenvalue weighted by Crippen LogP contribution is 2.44. The zero-order chi connectivity index (χ0) is 24.5. The molecule has 1 aromatic heterocycles. The lowest BCUT2D eigenvalue weighted by Gasteiger charge is -2.15. The smallest absolute Gasteiger partial charge is 0.407 e. The summed E-state index contributed by atoms with van der Waals surface area (Å²) >= 11 is 3.55. The van der Waals surface area contributed by atoms with Gasteiger partial charge in [-0.2, -0.15) is 5.10 Å². The second kappa shape index (κ2) is 9.89. The summed E-state index contributed by atoms with van der Waals surface area (Å²) < 4.78 is 14.4. The highest BCUT2D eigenvalue weighted by atomic mass is 79.9. The Balaban J connectivity index is 1.44. The lowest BCUT2D eigenvalue weighted by Crippen LogP contribution is -2.27. The molecular formula is C26H28BrN3O5. The average molecular weight is 542 g/mol. The van der Waals surface area contributed by atoms with Crippen LogP contribution in [-0.2, 0) is 22.6 Å². The van der Waals surface area contributed by atoms with Crippen molar-refractivity contribution >= 4 is 38.9 Å². The third-order valence-electron chi connectivity index (χ3n) is 6.70. The summed E-state index contributed by atoms with van der Waals surface area (Å²) in [7, 11) is 0. The van der Waals surface area contributed by atoms with Crippen LogP contribution in [0.15, 0.2) is 40.9 Å². The van der Waals surface area contributed by atoms with E-state index in [0.29, 0.717) is 37.8 Å². The number of halogens is 1. The number of amides is 1. The monoisotopic (exact) mass is 541 g/mol. The number of fused-ring (bicyclic) bond motifs is 1. The van der Waals surface area contributed by atoms with Gasteiger partial charge in [0, 0.05) is 28.5 Å². The second-order valence-corrected chi connectivity index (χ2v) is 10.0. The van der Waals surface area contributed by atoms with Crippen molar-refractivity contribution in [2.45, 2.75) is 51.2 Å². The van der Waals surface area contributed by atoms with E-state index < -0.39 is 6.09 Å².